The number of rotatable bonds is 3. The number of nitrogens with two attached hydrogens (primary N) is 1. The minimum atomic E-state index is -0.156. The number of amides is 1. The molecule has 2 bridgehead atoms. The maximum atomic E-state index is 13.2. The summed E-state index contributed by atoms with van der Waals surface area (Å²) in [6.45, 7) is 5.62. The van der Waals surface area contributed by atoms with Gasteiger partial charge in [0.1, 0.15) is 5.82 Å². The van der Waals surface area contributed by atoms with Crippen LogP contribution >= 0.6 is 0 Å². The average Bonchev–Trinajstić information content (AvgIpc) is 3.19. The topological polar surface area (TPSA) is 89.5 Å². The SMILES string of the molecule is Cc1c(CN2CCOC3(C[C@H]4CC[C@@H](C3)N4C(=O)c3ccc(N)nc3)C2)cnn1C. The van der Waals surface area contributed by atoms with Gasteiger partial charge in [-0.2, -0.15) is 5.10 Å². The number of nitrogens with zero attached hydrogens (tertiary/aromatic N) is 5. The van der Waals surface area contributed by atoms with Crippen molar-refractivity contribution in [2.75, 3.05) is 25.4 Å². The summed E-state index contributed by atoms with van der Waals surface area (Å²) in [4.78, 5) is 21.9. The number of ether oxygens (including phenoxy) is 1. The second-order valence-electron chi connectivity index (χ2n) is 9.10. The lowest BCUT2D eigenvalue weighted by Crippen LogP contribution is -2.60. The molecule has 3 aliphatic heterocycles. The van der Waals surface area contributed by atoms with Gasteiger partial charge in [-0.15, -0.1) is 0 Å². The predicted octanol–water partition coefficient (Wildman–Crippen LogP) is 1.74. The summed E-state index contributed by atoms with van der Waals surface area (Å²) in [7, 11) is 1.99. The van der Waals surface area contributed by atoms with Gasteiger partial charge in [0.2, 0.25) is 0 Å². The molecule has 2 N–H and O–H groups in total. The lowest BCUT2D eigenvalue weighted by atomic mass is 9.84. The maximum Gasteiger partial charge on any atom is 0.255 e. The summed E-state index contributed by atoms with van der Waals surface area (Å²) in [5.41, 5.74) is 8.64. The molecule has 0 radical (unpaired) electrons. The molecular formula is C22H30N6O2. The fraction of sp³-hybridized carbons (Fsp3) is 0.591. The first-order valence-corrected chi connectivity index (χ1v) is 10.8. The molecule has 160 valence electrons. The zero-order valence-electron chi connectivity index (χ0n) is 17.8. The summed E-state index contributed by atoms with van der Waals surface area (Å²) in [5.74, 6) is 0.509. The van der Waals surface area contributed by atoms with Crippen molar-refractivity contribution < 1.29 is 9.53 Å². The molecule has 0 saturated carbocycles. The highest BCUT2D eigenvalue weighted by Gasteiger charge is 2.52. The maximum absolute atomic E-state index is 13.2. The minimum absolute atomic E-state index is 0.0727. The Morgan fingerprint density at radius 3 is 2.67 bits per heavy atom. The van der Waals surface area contributed by atoms with Crippen molar-refractivity contribution in [1.29, 1.82) is 0 Å². The Labute approximate surface area is 177 Å². The summed E-state index contributed by atoms with van der Waals surface area (Å²) in [5, 5.41) is 4.38. The molecule has 1 amide bonds. The highest BCUT2D eigenvalue weighted by atomic mass is 16.5. The molecule has 0 aromatic carbocycles. The number of morpholine rings is 1. The van der Waals surface area contributed by atoms with E-state index in [1.807, 2.05) is 17.9 Å². The van der Waals surface area contributed by atoms with Crippen LogP contribution in [0.1, 0.15) is 47.3 Å². The number of carbonyl (C=O) groups excluding carboxylic acids is 1. The van der Waals surface area contributed by atoms with Gasteiger partial charge in [-0.3, -0.25) is 14.4 Å². The van der Waals surface area contributed by atoms with Crippen LogP contribution in [-0.4, -0.2) is 67.9 Å². The lowest BCUT2D eigenvalue weighted by molar-refractivity contribution is -0.146. The van der Waals surface area contributed by atoms with Crippen LogP contribution in [0.25, 0.3) is 0 Å². The molecule has 2 aromatic rings. The molecule has 2 aromatic heterocycles. The first-order chi connectivity index (χ1) is 14.4. The van der Waals surface area contributed by atoms with Crippen LogP contribution in [-0.2, 0) is 18.3 Å². The van der Waals surface area contributed by atoms with E-state index in [1.165, 1.54) is 11.3 Å². The van der Waals surface area contributed by atoms with Crippen LogP contribution in [0.5, 0.6) is 0 Å². The zero-order chi connectivity index (χ0) is 20.9. The quantitative estimate of drug-likeness (QED) is 0.829. The Bertz CT molecular complexity index is 926. The molecule has 3 fully saturated rings. The minimum Gasteiger partial charge on any atom is -0.384 e. The molecule has 5 heterocycles. The Morgan fingerprint density at radius 2 is 2.03 bits per heavy atom. The second kappa shape index (κ2) is 7.35. The number of fused-ring (bicyclic) bond motifs is 2. The Balaban J connectivity index is 1.30. The summed E-state index contributed by atoms with van der Waals surface area (Å²) in [6.07, 6.45) is 7.47. The molecule has 5 rings (SSSR count). The average molecular weight is 411 g/mol. The normalized spacial score (nSPS) is 28.9. The molecule has 0 aliphatic carbocycles. The number of aromatic nitrogens is 3. The van der Waals surface area contributed by atoms with Crippen LogP contribution in [0.2, 0.25) is 0 Å². The van der Waals surface area contributed by atoms with Gasteiger partial charge in [-0.05, 0) is 44.7 Å². The number of anilines is 1. The van der Waals surface area contributed by atoms with E-state index >= 15 is 0 Å². The summed E-state index contributed by atoms with van der Waals surface area (Å²) >= 11 is 0. The van der Waals surface area contributed by atoms with Gasteiger partial charge in [0.05, 0.1) is 24.0 Å². The van der Waals surface area contributed by atoms with Crippen molar-refractivity contribution in [3.05, 3.63) is 41.3 Å². The zero-order valence-corrected chi connectivity index (χ0v) is 17.8. The number of carbonyl (C=O) groups is 1. The van der Waals surface area contributed by atoms with Crippen LogP contribution in [0, 0.1) is 6.92 Å². The van der Waals surface area contributed by atoms with Crippen LogP contribution in [0.15, 0.2) is 24.5 Å². The Hall–Kier alpha value is -2.45. The molecular weight excluding hydrogens is 380 g/mol. The highest BCUT2D eigenvalue weighted by molar-refractivity contribution is 5.94. The van der Waals surface area contributed by atoms with E-state index in [9.17, 15) is 4.79 Å². The van der Waals surface area contributed by atoms with Crippen molar-refractivity contribution in [3.63, 3.8) is 0 Å². The molecule has 3 saturated heterocycles. The second-order valence-corrected chi connectivity index (χ2v) is 9.10. The van der Waals surface area contributed by atoms with Crippen LogP contribution < -0.4 is 5.73 Å². The number of piperidine rings is 1. The van der Waals surface area contributed by atoms with Crippen molar-refractivity contribution in [2.45, 2.75) is 56.8 Å². The van der Waals surface area contributed by atoms with E-state index < -0.39 is 0 Å². The van der Waals surface area contributed by atoms with Crippen molar-refractivity contribution in [1.82, 2.24) is 24.6 Å². The van der Waals surface area contributed by atoms with Gasteiger partial charge in [0.25, 0.3) is 5.91 Å². The third-order valence-corrected chi connectivity index (χ3v) is 7.16. The third kappa shape index (κ3) is 3.37. The number of hydrogen-bond donors (Lipinski definition) is 1. The Morgan fingerprint density at radius 1 is 1.27 bits per heavy atom. The fourth-order valence-corrected chi connectivity index (χ4v) is 5.56. The van der Waals surface area contributed by atoms with Gasteiger partial charge in [0.15, 0.2) is 0 Å². The molecule has 8 heteroatoms. The summed E-state index contributed by atoms with van der Waals surface area (Å²) < 4.78 is 8.34. The first-order valence-electron chi connectivity index (χ1n) is 10.8. The van der Waals surface area contributed by atoms with Gasteiger partial charge in [-0.1, -0.05) is 0 Å². The molecule has 30 heavy (non-hydrogen) atoms. The summed E-state index contributed by atoms with van der Waals surface area (Å²) in [6, 6.07) is 3.94. The fourth-order valence-electron chi connectivity index (χ4n) is 5.56. The number of pyridine rings is 1. The molecule has 1 spiro atoms. The van der Waals surface area contributed by atoms with E-state index in [2.05, 4.69) is 26.8 Å². The van der Waals surface area contributed by atoms with Crippen molar-refractivity contribution in [3.8, 4) is 0 Å². The first kappa shape index (κ1) is 19.5. The number of aryl methyl sites for hydroxylation is 1. The van der Waals surface area contributed by atoms with E-state index in [1.54, 1.807) is 18.3 Å². The van der Waals surface area contributed by atoms with Gasteiger partial charge >= 0.3 is 0 Å². The largest absolute Gasteiger partial charge is 0.384 e. The van der Waals surface area contributed by atoms with Gasteiger partial charge < -0.3 is 15.4 Å². The van der Waals surface area contributed by atoms with Crippen LogP contribution in [0.3, 0.4) is 0 Å². The monoisotopic (exact) mass is 410 g/mol. The molecule has 3 atom stereocenters. The number of nitrogen functional groups attached to an aromatic ring is 1. The van der Waals surface area contributed by atoms with E-state index in [-0.39, 0.29) is 23.6 Å². The van der Waals surface area contributed by atoms with Gasteiger partial charge in [-0.25, -0.2) is 4.98 Å². The molecule has 8 nitrogen and oxygen atoms in total. The lowest BCUT2D eigenvalue weighted by Gasteiger charge is -2.50. The van der Waals surface area contributed by atoms with E-state index in [4.69, 9.17) is 10.5 Å². The Kier molecular flexibility index (Phi) is 4.78. The van der Waals surface area contributed by atoms with Crippen molar-refractivity contribution >= 4 is 11.7 Å². The van der Waals surface area contributed by atoms with E-state index in [0.29, 0.717) is 11.4 Å². The third-order valence-electron chi connectivity index (χ3n) is 7.16. The van der Waals surface area contributed by atoms with E-state index in [0.717, 1.165) is 51.9 Å². The van der Waals surface area contributed by atoms with Crippen LogP contribution in [0.4, 0.5) is 5.82 Å². The molecule has 1 unspecified atom stereocenters. The highest BCUT2D eigenvalue weighted by Crippen LogP contribution is 2.44. The molecule has 3 aliphatic rings. The standard InChI is InChI=1S/C22H30N6O2/c1-15-17(12-25-26(15)2)13-27-7-8-30-22(14-27)9-18-4-5-19(10-22)28(18)21(29)16-3-6-20(23)24-11-16/h3,6,11-12,18-19H,4-5,7-10,13-14H2,1-2H3,(H2,23,24)/t18-,19+,22?. The predicted molar refractivity (Wildman–Crippen MR) is 113 cm³/mol. The smallest absolute Gasteiger partial charge is 0.255 e. The van der Waals surface area contributed by atoms with Crippen molar-refractivity contribution in [2.24, 2.45) is 7.05 Å². The van der Waals surface area contributed by atoms with Gasteiger partial charge in [0, 0.05) is 56.2 Å². The number of hydrogen-bond acceptors (Lipinski definition) is 6.